The molecule has 0 fully saturated rings. The van der Waals surface area contributed by atoms with Crippen LogP contribution < -0.4 is 0 Å². The summed E-state index contributed by atoms with van der Waals surface area (Å²) in [6.45, 7) is 8.83. The molecule has 0 saturated carbocycles. The van der Waals surface area contributed by atoms with Gasteiger partial charge in [-0.2, -0.15) is 0 Å². The van der Waals surface area contributed by atoms with Crippen LogP contribution in [0.3, 0.4) is 0 Å². The van der Waals surface area contributed by atoms with Crippen molar-refractivity contribution in [3.8, 4) is 0 Å². The molecule has 1 aromatic rings. The van der Waals surface area contributed by atoms with Crippen LogP contribution in [0, 0.1) is 5.92 Å². The largest absolute Gasteiger partial charge is 0.481 e. The Balaban J connectivity index is 0.000000487. The first-order chi connectivity index (χ1) is 7.47. The van der Waals surface area contributed by atoms with Crippen molar-refractivity contribution in [1.29, 1.82) is 0 Å². The fourth-order valence-corrected chi connectivity index (χ4v) is 1.34. The van der Waals surface area contributed by atoms with Gasteiger partial charge in [-0.05, 0) is 12.3 Å². The molecule has 0 aromatic carbocycles. The Morgan fingerprint density at radius 1 is 1.56 bits per heavy atom. The summed E-state index contributed by atoms with van der Waals surface area (Å²) in [7, 11) is 0. The van der Waals surface area contributed by atoms with E-state index in [9.17, 15) is 0 Å². The summed E-state index contributed by atoms with van der Waals surface area (Å²) in [6.07, 6.45) is 6.24. The maximum absolute atomic E-state index is 9.00. The molecule has 0 spiro atoms. The highest BCUT2D eigenvalue weighted by Gasteiger charge is 2.03. The summed E-state index contributed by atoms with van der Waals surface area (Å²) in [5, 5.41) is 7.42. The molecular weight excluding hydrogens is 204 g/mol. The van der Waals surface area contributed by atoms with E-state index in [0.717, 1.165) is 19.9 Å². The summed E-state index contributed by atoms with van der Waals surface area (Å²) in [6, 6.07) is 0. The van der Waals surface area contributed by atoms with Crippen molar-refractivity contribution in [1.82, 2.24) is 9.55 Å². The molecule has 0 radical (unpaired) electrons. The molecule has 1 heterocycles. The van der Waals surface area contributed by atoms with Crippen molar-refractivity contribution in [3.63, 3.8) is 0 Å². The standard InChI is InChI=1S/C10H18N2.C2H4O2/c1-4-6-12-7-5-11-10(12)8-9(2)3;1-2(3)4/h5,7,9H,4,6,8H2,1-3H3;1H3,(H,3,4). The van der Waals surface area contributed by atoms with E-state index in [1.807, 2.05) is 6.20 Å². The first-order valence-electron chi connectivity index (χ1n) is 5.66. The second kappa shape index (κ2) is 7.91. The Morgan fingerprint density at radius 2 is 2.12 bits per heavy atom. The van der Waals surface area contributed by atoms with Crippen LogP contribution in [0.2, 0.25) is 0 Å². The van der Waals surface area contributed by atoms with Gasteiger partial charge in [0.05, 0.1) is 0 Å². The van der Waals surface area contributed by atoms with Gasteiger partial charge in [0.1, 0.15) is 5.82 Å². The number of nitrogens with zero attached hydrogens (tertiary/aromatic N) is 2. The topological polar surface area (TPSA) is 55.1 Å². The lowest BCUT2D eigenvalue weighted by molar-refractivity contribution is -0.134. The van der Waals surface area contributed by atoms with Crippen LogP contribution in [0.1, 0.15) is 39.9 Å². The average molecular weight is 226 g/mol. The van der Waals surface area contributed by atoms with Crippen LogP contribution in [-0.4, -0.2) is 20.6 Å². The van der Waals surface area contributed by atoms with E-state index in [1.54, 1.807) is 0 Å². The minimum Gasteiger partial charge on any atom is -0.481 e. The SMILES string of the molecule is CC(=O)O.CCCn1ccnc1CC(C)C. The van der Waals surface area contributed by atoms with Gasteiger partial charge in [0.25, 0.3) is 5.97 Å². The number of aliphatic carboxylic acids is 1. The highest BCUT2D eigenvalue weighted by molar-refractivity contribution is 5.62. The monoisotopic (exact) mass is 226 g/mol. The predicted octanol–water partition coefficient (Wildman–Crippen LogP) is 2.58. The molecule has 4 nitrogen and oxygen atoms in total. The van der Waals surface area contributed by atoms with Crippen molar-refractivity contribution < 1.29 is 9.90 Å². The Labute approximate surface area is 97.3 Å². The Morgan fingerprint density at radius 3 is 2.56 bits per heavy atom. The van der Waals surface area contributed by atoms with Gasteiger partial charge in [-0.15, -0.1) is 0 Å². The highest BCUT2D eigenvalue weighted by atomic mass is 16.4. The first-order valence-corrected chi connectivity index (χ1v) is 5.66. The molecule has 0 aliphatic heterocycles. The second-order valence-corrected chi connectivity index (χ2v) is 4.15. The maximum Gasteiger partial charge on any atom is 0.300 e. The summed E-state index contributed by atoms with van der Waals surface area (Å²) >= 11 is 0. The van der Waals surface area contributed by atoms with Gasteiger partial charge in [0.15, 0.2) is 0 Å². The van der Waals surface area contributed by atoms with Crippen LogP contribution in [0.4, 0.5) is 0 Å². The molecule has 16 heavy (non-hydrogen) atoms. The van der Waals surface area contributed by atoms with Gasteiger partial charge in [-0.3, -0.25) is 4.79 Å². The number of carboxylic acids is 1. The molecule has 0 amide bonds. The lowest BCUT2D eigenvalue weighted by atomic mass is 10.1. The van der Waals surface area contributed by atoms with Crippen molar-refractivity contribution in [2.75, 3.05) is 0 Å². The van der Waals surface area contributed by atoms with Crippen molar-refractivity contribution in [3.05, 3.63) is 18.2 Å². The fourth-order valence-electron chi connectivity index (χ4n) is 1.34. The highest BCUT2D eigenvalue weighted by Crippen LogP contribution is 2.06. The van der Waals surface area contributed by atoms with E-state index in [0.29, 0.717) is 5.92 Å². The molecule has 4 heteroatoms. The van der Waals surface area contributed by atoms with E-state index in [4.69, 9.17) is 9.90 Å². The number of carboxylic acid groups (broad SMARTS) is 1. The fraction of sp³-hybridized carbons (Fsp3) is 0.667. The molecule has 0 aliphatic rings. The van der Waals surface area contributed by atoms with E-state index >= 15 is 0 Å². The first kappa shape index (κ1) is 14.7. The molecule has 1 aromatic heterocycles. The zero-order chi connectivity index (χ0) is 12.6. The van der Waals surface area contributed by atoms with Gasteiger partial charge in [-0.25, -0.2) is 4.98 Å². The third-order valence-corrected chi connectivity index (χ3v) is 1.86. The molecule has 1 rings (SSSR count). The lowest BCUT2D eigenvalue weighted by Gasteiger charge is -2.07. The van der Waals surface area contributed by atoms with Crippen LogP contribution in [-0.2, 0) is 17.8 Å². The van der Waals surface area contributed by atoms with E-state index in [2.05, 4.69) is 36.5 Å². The van der Waals surface area contributed by atoms with E-state index < -0.39 is 5.97 Å². The third kappa shape index (κ3) is 7.04. The number of aryl methyl sites for hydroxylation is 1. The smallest absolute Gasteiger partial charge is 0.300 e. The van der Waals surface area contributed by atoms with Gasteiger partial charge < -0.3 is 9.67 Å². The number of rotatable bonds is 4. The summed E-state index contributed by atoms with van der Waals surface area (Å²) < 4.78 is 2.25. The lowest BCUT2D eigenvalue weighted by Crippen LogP contribution is -2.05. The second-order valence-electron chi connectivity index (χ2n) is 4.15. The number of imidazole rings is 1. The van der Waals surface area contributed by atoms with Crippen molar-refractivity contribution >= 4 is 5.97 Å². The molecular formula is C12H22N2O2. The number of hydrogen-bond acceptors (Lipinski definition) is 2. The van der Waals surface area contributed by atoms with Crippen LogP contribution >= 0.6 is 0 Å². The summed E-state index contributed by atoms with van der Waals surface area (Å²) in [4.78, 5) is 13.3. The third-order valence-electron chi connectivity index (χ3n) is 1.86. The van der Waals surface area contributed by atoms with Crippen molar-refractivity contribution in [2.24, 2.45) is 5.92 Å². The van der Waals surface area contributed by atoms with Crippen LogP contribution in [0.25, 0.3) is 0 Å². The number of aromatic nitrogens is 2. The summed E-state index contributed by atoms with van der Waals surface area (Å²) in [5.74, 6) is 1.09. The molecule has 0 bridgehead atoms. The normalized spacial score (nSPS) is 9.81. The van der Waals surface area contributed by atoms with Crippen molar-refractivity contribution in [2.45, 2.75) is 47.1 Å². The zero-order valence-corrected chi connectivity index (χ0v) is 10.6. The number of carbonyl (C=O) groups is 1. The quantitative estimate of drug-likeness (QED) is 0.858. The predicted molar refractivity (Wildman–Crippen MR) is 64.4 cm³/mol. The zero-order valence-electron chi connectivity index (χ0n) is 10.6. The van der Waals surface area contributed by atoms with Crippen LogP contribution in [0.15, 0.2) is 12.4 Å². The molecule has 0 unspecified atom stereocenters. The Bertz CT molecular complexity index is 302. The molecule has 0 atom stereocenters. The van der Waals surface area contributed by atoms with Gasteiger partial charge in [0.2, 0.25) is 0 Å². The molecule has 92 valence electrons. The Hall–Kier alpha value is -1.32. The maximum atomic E-state index is 9.00. The van der Waals surface area contributed by atoms with Gasteiger partial charge >= 0.3 is 0 Å². The Kier molecular flexibility index (Phi) is 7.25. The molecule has 0 saturated heterocycles. The van der Waals surface area contributed by atoms with Gasteiger partial charge in [0, 0.05) is 32.3 Å². The van der Waals surface area contributed by atoms with E-state index in [1.165, 1.54) is 12.2 Å². The van der Waals surface area contributed by atoms with Gasteiger partial charge in [-0.1, -0.05) is 20.8 Å². The summed E-state index contributed by atoms with van der Waals surface area (Å²) in [5.41, 5.74) is 0. The number of hydrogen-bond donors (Lipinski definition) is 1. The molecule has 1 N–H and O–H groups in total. The molecule has 0 aliphatic carbocycles. The van der Waals surface area contributed by atoms with Crippen LogP contribution in [0.5, 0.6) is 0 Å². The minimum absolute atomic E-state index is 0.697. The minimum atomic E-state index is -0.833. The average Bonchev–Trinajstić information content (AvgIpc) is 2.51. The van der Waals surface area contributed by atoms with E-state index in [-0.39, 0.29) is 0 Å².